The van der Waals surface area contributed by atoms with Crippen molar-refractivity contribution >= 4 is 16.3 Å². The third-order valence-electron chi connectivity index (χ3n) is 1.55. The largest absolute Gasteiger partial charge is 0.748 e. The van der Waals surface area contributed by atoms with Crippen LogP contribution in [0.25, 0.3) is 0 Å². The first-order chi connectivity index (χ1) is 6.93. The second-order valence-corrected chi connectivity index (χ2v) is 4.40. The molecule has 90 valence electrons. The zero-order valence-corrected chi connectivity index (χ0v) is 9.83. The van der Waals surface area contributed by atoms with E-state index in [2.05, 4.69) is 10.8 Å². The Morgan fingerprint density at radius 1 is 1.47 bits per heavy atom. The minimum Gasteiger partial charge on any atom is -0.748 e. The molecule has 1 aliphatic heterocycles. The van der Waals surface area contributed by atoms with Crippen molar-refractivity contribution in [3.63, 3.8) is 0 Å². The van der Waals surface area contributed by atoms with Crippen LogP contribution in [-0.2, 0) is 19.6 Å². The van der Waals surface area contributed by atoms with Crippen LogP contribution in [0.1, 0.15) is 0 Å². The van der Waals surface area contributed by atoms with Crippen LogP contribution in [0.4, 0.5) is 0 Å². The summed E-state index contributed by atoms with van der Waals surface area (Å²) in [5.41, 5.74) is 0. The minimum atomic E-state index is -3.92. The van der Waals surface area contributed by atoms with Gasteiger partial charge < -0.3 is 14.0 Å². The summed E-state index contributed by atoms with van der Waals surface area (Å²) < 4.78 is 39.5. The lowest BCUT2D eigenvalue weighted by molar-refractivity contribution is -0.546. The van der Waals surface area contributed by atoms with Crippen molar-refractivity contribution in [2.75, 3.05) is 46.3 Å². The van der Waals surface area contributed by atoms with E-state index in [4.69, 9.17) is 22.4 Å². The number of nitrogens with zero attached hydrogens (tertiary/aromatic N) is 1. The molecule has 0 aromatic heterocycles. The van der Waals surface area contributed by atoms with Gasteiger partial charge >= 0.3 is 0 Å². The van der Waals surface area contributed by atoms with E-state index in [-0.39, 0.29) is 0 Å². The van der Waals surface area contributed by atoms with Crippen LogP contribution in [0.2, 0.25) is 0 Å². The maximum atomic E-state index is 9.08. The number of morpholine rings is 1. The monoisotopic (exact) mass is 239 g/mol. The van der Waals surface area contributed by atoms with E-state index in [0.29, 0.717) is 12.9 Å². The first-order valence-electron chi connectivity index (χ1n) is 4.48. The molecule has 0 spiro atoms. The van der Waals surface area contributed by atoms with Crippen molar-refractivity contribution in [1.29, 1.82) is 0 Å². The van der Waals surface area contributed by atoms with Gasteiger partial charge in [0.25, 0.3) is 0 Å². The van der Waals surface area contributed by atoms with Crippen LogP contribution in [-0.4, -0.2) is 70.0 Å². The van der Waals surface area contributed by atoms with Gasteiger partial charge in [-0.1, -0.05) is 0 Å². The Labute approximate surface area is 90.3 Å². The predicted molar refractivity (Wildman–Crippen MR) is 54.4 cm³/mol. The van der Waals surface area contributed by atoms with Gasteiger partial charge in [0.2, 0.25) is 0 Å². The van der Waals surface area contributed by atoms with Gasteiger partial charge in [-0.3, -0.25) is 0 Å². The fourth-order valence-corrected chi connectivity index (χ4v) is 0.940. The third-order valence-corrected chi connectivity index (χ3v) is 1.55. The summed E-state index contributed by atoms with van der Waals surface area (Å²) in [4.78, 5) is 0. The molecule has 0 N–H and O–H groups in total. The summed E-state index contributed by atoms with van der Waals surface area (Å²) in [6.45, 7) is 4.41. The molecule has 1 rings (SSSR count). The molecule has 0 unspecified atom stereocenters. The lowest BCUT2D eigenvalue weighted by atomic mass is 10.5. The molecular formula is C8H17NO5S. The topological polar surface area (TPSA) is 78.7 Å². The lowest BCUT2D eigenvalue weighted by Crippen LogP contribution is -2.30. The molecule has 1 saturated heterocycles. The molecule has 1 aliphatic rings. The number of hydrogen-bond donors (Lipinski definition) is 0. The van der Waals surface area contributed by atoms with Crippen LogP contribution in [0, 0.1) is 0 Å². The van der Waals surface area contributed by atoms with Gasteiger partial charge in [-0.15, -0.1) is 0 Å². The number of hydrogen-bond acceptors (Lipinski definition) is 5. The fraction of sp³-hybridized carbons (Fsp3) is 0.875. The molecule has 0 atom stereocenters. The zero-order valence-electron chi connectivity index (χ0n) is 9.01. The Balaban J connectivity index is 0.000000336. The van der Waals surface area contributed by atoms with Gasteiger partial charge in [0, 0.05) is 13.4 Å². The highest BCUT2D eigenvalue weighted by atomic mass is 32.2. The van der Waals surface area contributed by atoms with Crippen molar-refractivity contribution in [2.24, 2.45) is 0 Å². The molecule has 0 aliphatic carbocycles. The minimum absolute atomic E-state index is 0.604. The van der Waals surface area contributed by atoms with Crippen molar-refractivity contribution in [3.8, 4) is 0 Å². The molecule has 1 heterocycles. The summed E-state index contributed by atoms with van der Waals surface area (Å²) in [7, 11) is -2.21. The smallest absolute Gasteiger partial charge is 0.165 e. The van der Waals surface area contributed by atoms with Gasteiger partial charge in [0.05, 0.1) is 10.1 Å². The summed E-state index contributed by atoms with van der Waals surface area (Å²) >= 11 is 0. The molecule has 15 heavy (non-hydrogen) atoms. The molecule has 6 nitrogen and oxygen atoms in total. The van der Waals surface area contributed by atoms with E-state index in [1.165, 1.54) is 0 Å². The van der Waals surface area contributed by atoms with Gasteiger partial charge in [-0.2, -0.15) is 0 Å². The van der Waals surface area contributed by atoms with E-state index in [1.54, 1.807) is 7.11 Å². The number of rotatable bonds is 2. The van der Waals surface area contributed by atoms with Crippen molar-refractivity contribution in [3.05, 3.63) is 0 Å². The Morgan fingerprint density at radius 3 is 2.33 bits per heavy atom. The van der Waals surface area contributed by atoms with E-state index in [1.807, 2.05) is 0 Å². The molecular weight excluding hydrogens is 222 g/mol. The standard InChI is InChI=1S/C7H14NO2.CH4O3S/c1-9-5-2-8-3-6-10-7-4-8;1-5(2,3)4/h2H,3-7H2,1H3;1H3,(H,2,3,4)/q+1;/p-1. The van der Waals surface area contributed by atoms with Gasteiger partial charge in [0.1, 0.15) is 19.8 Å². The van der Waals surface area contributed by atoms with E-state index in [0.717, 1.165) is 26.3 Å². The summed E-state index contributed by atoms with van der Waals surface area (Å²) in [5, 5.41) is 0. The van der Waals surface area contributed by atoms with Crippen LogP contribution in [0.15, 0.2) is 0 Å². The van der Waals surface area contributed by atoms with Crippen LogP contribution < -0.4 is 0 Å². The molecule has 0 radical (unpaired) electrons. The zero-order chi connectivity index (χ0) is 11.7. The summed E-state index contributed by atoms with van der Waals surface area (Å²) in [5.74, 6) is 0. The van der Waals surface area contributed by atoms with E-state index >= 15 is 0 Å². The van der Waals surface area contributed by atoms with E-state index in [9.17, 15) is 0 Å². The Kier molecular flexibility index (Phi) is 7.49. The normalized spacial score (nSPS) is 16.6. The van der Waals surface area contributed by atoms with Gasteiger partial charge in [-0.25, -0.2) is 13.0 Å². The highest BCUT2D eigenvalue weighted by Gasteiger charge is 2.09. The number of ether oxygens (including phenoxy) is 2. The third kappa shape index (κ3) is 13.5. The molecule has 0 aromatic rings. The van der Waals surface area contributed by atoms with Crippen LogP contribution in [0.3, 0.4) is 0 Å². The van der Waals surface area contributed by atoms with E-state index < -0.39 is 10.1 Å². The molecule has 1 fully saturated rings. The second kappa shape index (κ2) is 7.75. The molecule has 7 heteroatoms. The first-order valence-corrected chi connectivity index (χ1v) is 6.30. The lowest BCUT2D eigenvalue weighted by Gasteiger charge is -2.09. The number of methoxy groups -OCH3 is 1. The van der Waals surface area contributed by atoms with Crippen LogP contribution in [0.5, 0.6) is 0 Å². The predicted octanol–water partition coefficient (Wildman–Crippen LogP) is -1.09. The van der Waals surface area contributed by atoms with Crippen LogP contribution >= 0.6 is 0 Å². The quantitative estimate of drug-likeness (QED) is 0.452. The highest BCUT2D eigenvalue weighted by molar-refractivity contribution is 7.84. The Morgan fingerprint density at radius 2 is 1.93 bits per heavy atom. The average Bonchev–Trinajstić information content (AvgIpc) is 2.14. The molecule has 0 aromatic carbocycles. The Hall–Kier alpha value is -0.500. The molecule has 0 bridgehead atoms. The van der Waals surface area contributed by atoms with Gasteiger partial charge in [-0.05, 0) is 0 Å². The van der Waals surface area contributed by atoms with Crippen molar-refractivity contribution in [2.45, 2.75) is 0 Å². The SMILES string of the molecule is COCC=[N+]1CCOCC1.CS(=O)(=O)[O-]. The fourth-order valence-electron chi connectivity index (χ4n) is 0.940. The first kappa shape index (κ1) is 14.5. The Bertz CT molecular complexity index is 269. The van der Waals surface area contributed by atoms with Crippen molar-refractivity contribution < 1.29 is 27.0 Å². The maximum absolute atomic E-state index is 9.08. The average molecular weight is 239 g/mol. The summed E-state index contributed by atoms with van der Waals surface area (Å²) in [6.07, 6.45) is 2.68. The second-order valence-electron chi connectivity index (χ2n) is 2.99. The van der Waals surface area contributed by atoms with Gasteiger partial charge in [0.15, 0.2) is 19.3 Å². The van der Waals surface area contributed by atoms with Crippen molar-refractivity contribution in [1.82, 2.24) is 0 Å². The highest BCUT2D eigenvalue weighted by Crippen LogP contribution is 1.86. The summed E-state index contributed by atoms with van der Waals surface area (Å²) in [6, 6.07) is 0. The molecule has 0 amide bonds. The maximum Gasteiger partial charge on any atom is 0.165 e. The molecule has 0 saturated carbocycles.